The van der Waals surface area contributed by atoms with Crippen LogP contribution in [0.5, 0.6) is 0 Å². The van der Waals surface area contributed by atoms with Crippen LogP contribution in [0.25, 0.3) is 34.0 Å². The molecule has 4 aromatic heterocycles. The van der Waals surface area contributed by atoms with Crippen LogP contribution in [-0.4, -0.2) is 65.6 Å². The average Bonchev–Trinajstić information content (AvgIpc) is 3.69. The Labute approximate surface area is 221 Å². The third-order valence-corrected chi connectivity index (χ3v) is 8.20. The number of rotatable bonds is 4. The van der Waals surface area contributed by atoms with Gasteiger partial charge in [-0.3, -0.25) is 19.4 Å². The van der Waals surface area contributed by atoms with Crippen LogP contribution in [0.2, 0.25) is 0 Å². The van der Waals surface area contributed by atoms with Crippen LogP contribution in [0.4, 0.5) is 0 Å². The van der Waals surface area contributed by atoms with E-state index in [-0.39, 0.29) is 11.8 Å². The zero-order valence-corrected chi connectivity index (χ0v) is 21.9. The molecule has 4 aromatic rings. The molecule has 0 atom stereocenters. The van der Waals surface area contributed by atoms with Gasteiger partial charge in [-0.15, -0.1) is 0 Å². The minimum atomic E-state index is 0.128. The van der Waals surface area contributed by atoms with Crippen LogP contribution in [0.3, 0.4) is 0 Å². The van der Waals surface area contributed by atoms with Crippen LogP contribution in [0.15, 0.2) is 36.5 Å². The van der Waals surface area contributed by atoms with Gasteiger partial charge in [0.05, 0.1) is 30.2 Å². The Hall–Kier alpha value is -3.85. The van der Waals surface area contributed by atoms with Crippen LogP contribution < -0.4 is 0 Å². The number of nitrogens with one attached hydrogen (secondary N) is 1. The van der Waals surface area contributed by atoms with Gasteiger partial charge in [0.25, 0.3) is 0 Å². The maximum absolute atomic E-state index is 13.1. The van der Waals surface area contributed by atoms with E-state index in [0.717, 1.165) is 96.4 Å². The van der Waals surface area contributed by atoms with E-state index in [1.165, 1.54) is 5.69 Å². The van der Waals surface area contributed by atoms with E-state index in [1.807, 2.05) is 36.2 Å². The van der Waals surface area contributed by atoms with E-state index in [1.54, 1.807) is 0 Å². The first-order valence-electron chi connectivity index (χ1n) is 13.6. The molecule has 7 rings (SSSR count). The van der Waals surface area contributed by atoms with E-state index < -0.39 is 0 Å². The van der Waals surface area contributed by atoms with Gasteiger partial charge >= 0.3 is 0 Å². The Morgan fingerprint density at radius 2 is 1.92 bits per heavy atom. The first kappa shape index (κ1) is 23.3. The fraction of sp³-hybridized carbons (Fsp3) is 0.414. The number of hydrogen-bond acceptors (Lipinski definition) is 6. The maximum Gasteiger partial charge on any atom is 0.226 e. The Kier molecular flexibility index (Phi) is 5.61. The second kappa shape index (κ2) is 9.16. The molecule has 0 bridgehead atoms. The van der Waals surface area contributed by atoms with E-state index >= 15 is 0 Å². The highest BCUT2D eigenvalue weighted by Gasteiger charge is 2.33. The van der Waals surface area contributed by atoms with Gasteiger partial charge in [-0.05, 0) is 82.6 Å². The van der Waals surface area contributed by atoms with Crippen LogP contribution in [0.1, 0.15) is 42.0 Å². The first-order valence-corrected chi connectivity index (χ1v) is 13.6. The Morgan fingerprint density at radius 1 is 1.05 bits per heavy atom. The molecule has 1 fully saturated rings. The molecule has 7 heterocycles. The lowest BCUT2D eigenvalue weighted by Crippen LogP contribution is -2.39. The number of carbonyl (C=O) groups excluding carboxylic acids is 1. The smallest absolute Gasteiger partial charge is 0.226 e. The number of nitrogens with zero attached hydrogens (tertiary/aromatic N) is 7. The quantitative estimate of drug-likeness (QED) is 0.450. The van der Waals surface area contributed by atoms with Gasteiger partial charge in [0.2, 0.25) is 5.91 Å². The number of hydrogen-bond donors (Lipinski definition) is 1. The molecule has 0 unspecified atom stereocenters. The van der Waals surface area contributed by atoms with Crippen LogP contribution in [-0.2, 0) is 30.8 Å². The first-order chi connectivity index (χ1) is 18.5. The SMILES string of the molecule is Cc1cccc(-c2nn3c(c2-c2ccnc(-c4nc5c([nH]4)CN(C(=O)C4CCN(C)CC4)C5)c2)CCC3)n1. The average molecular weight is 509 g/mol. The van der Waals surface area contributed by atoms with Crippen molar-refractivity contribution in [3.8, 4) is 34.0 Å². The van der Waals surface area contributed by atoms with Crippen molar-refractivity contribution in [3.05, 3.63) is 59.3 Å². The molecule has 3 aliphatic heterocycles. The number of piperidine rings is 1. The number of carbonyl (C=O) groups is 1. The van der Waals surface area contributed by atoms with E-state index in [9.17, 15) is 4.79 Å². The molecule has 9 nitrogen and oxygen atoms in total. The molecule has 3 aliphatic rings. The van der Waals surface area contributed by atoms with E-state index in [0.29, 0.717) is 13.1 Å². The fourth-order valence-corrected chi connectivity index (χ4v) is 6.13. The van der Waals surface area contributed by atoms with Gasteiger partial charge in [-0.25, -0.2) is 4.98 Å². The molecule has 0 radical (unpaired) electrons. The van der Waals surface area contributed by atoms with Crippen LogP contribution in [0, 0.1) is 12.8 Å². The second-order valence-corrected chi connectivity index (χ2v) is 10.9. The number of H-pyrrole nitrogens is 1. The molecular weight excluding hydrogens is 476 g/mol. The summed E-state index contributed by atoms with van der Waals surface area (Å²) in [5, 5.41) is 4.96. The summed E-state index contributed by atoms with van der Waals surface area (Å²) in [5.74, 6) is 1.14. The molecule has 194 valence electrons. The summed E-state index contributed by atoms with van der Waals surface area (Å²) in [7, 11) is 2.12. The largest absolute Gasteiger partial charge is 0.339 e. The van der Waals surface area contributed by atoms with Gasteiger partial charge < -0.3 is 14.8 Å². The highest BCUT2D eigenvalue weighted by atomic mass is 16.2. The standard InChI is InChI=1S/C29H32N8O/c1-18-5-3-6-21(31-18)27-26(25-7-4-12-37(25)34-27)20-8-11-30-22(15-20)28-32-23-16-36(17-24(23)33-28)29(38)19-9-13-35(2)14-10-19/h3,5-6,8,11,15,19H,4,7,9-10,12-14,16-17H2,1-2H3,(H,32,33). The summed E-state index contributed by atoms with van der Waals surface area (Å²) < 4.78 is 2.13. The number of amides is 1. The highest BCUT2D eigenvalue weighted by molar-refractivity contribution is 5.83. The molecular formula is C29H32N8O. The van der Waals surface area contributed by atoms with E-state index in [2.05, 4.69) is 38.7 Å². The number of aryl methyl sites for hydroxylation is 2. The van der Waals surface area contributed by atoms with Gasteiger partial charge in [-0.2, -0.15) is 5.10 Å². The lowest BCUT2D eigenvalue weighted by Gasteiger charge is -2.30. The third kappa shape index (κ3) is 4.01. The normalized spacial score (nSPS) is 17.7. The number of aromatic nitrogens is 6. The van der Waals surface area contributed by atoms with Crippen LogP contribution >= 0.6 is 0 Å². The van der Waals surface area contributed by atoms with Crippen molar-refractivity contribution in [2.45, 2.75) is 52.2 Å². The van der Waals surface area contributed by atoms with Crippen molar-refractivity contribution in [2.75, 3.05) is 20.1 Å². The minimum Gasteiger partial charge on any atom is -0.339 e. The number of likely N-dealkylation sites (tertiary alicyclic amines) is 1. The van der Waals surface area contributed by atoms with Gasteiger partial charge in [0.1, 0.15) is 11.4 Å². The Morgan fingerprint density at radius 3 is 2.74 bits per heavy atom. The van der Waals surface area contributed by atoms with Crippen molar-refractivity contribution in [1.82, 2.24) is 39.5 Å². The maximum atomic E-state index is 13.1. The van der Waals surface area contributed by atoms with Crippen molar-refractivity contribution < 1.29 is 4.79 Å². The third-order valence-electron chi connectivity index (χ3n) is 8.20. The van der Waals surface area contributed by atoms with Crippen molar-refractivity contribution in [2.24, 2.45) is 5.92 Å². The molecule has 0 spiro atoms. The molecule has 0 aliphatic carbocycles. The molecule has 9 heteroatoms. The molecule has 1 N–H and O–H groups in total. The summed E-state index contributed by atoms with van der Waals surface area (Å²) in [4.78, 5) is 35.1. The molecule has 0 aromatic carbocycles. The number of pyridine rings is 2. The number of aromatic amines is 1. The molecule has 1 amide bonds. The zero-order valence-electron chi connectivity index (χ0n) is 21.9. The van der Waals surface area contributed by atoms with Crippen molar-refractivity contribution in [1.29, 1.82) is 0 Å². The fourth-order valence-electron chi connectivity index (χ4n) is 6.13. The van der Waals surface area contributed by atoms with E-state index in [4.69, 9.17) is 15.1 Å². The number of fused-ring (bicyclic) bond motifs is 2. The van der Waals surface area contributed by atoms with Crippen molar-refractivity contribution in [3.63, 3.8) is 0 Å². The van der Waals surface area contributed by atoms with Gasteiger partial charge in [-0.1, -0.05) is 6.07 Å². The summed E-state index contributed by atoms with van der Waals surface area (Å²) in [6.45, 7) is 6.08. The Bertz CT molecular complexity index is 1500. The zero-order chi connectivity index (χ0) is 25.8. The summed E-state index contributed by atoms with van der Waals surface area (Å²) in [6, 6.07) is 10.2. The monoisotopic (exact) mass is 508 g/mol. The van der Waals surface area contributed by atoms with Gasteiger partial charge in [0.15, 0.2) is 5.82 Å². The van der Waals surface area contributed by atoms with Gasteiger partial charge in [0, 0.05) is 35.6 Å². The predicted molar refractivity (Wildman–Crippen MR) is 144 cm³/mol. The molecule has 1 saturated heterocycles. The van der Waals surface area contributed by atoms with Crippen molar-refractivity contribution >= 4 is 5.91 Å². The predicted octanol–water partition coefficient (Wildman–Crippen LogP) is 3.84. The summed E-state index contributed by atoms with van der Waals surface area (Å²) in [5.41, 5.74) is 9.03. The second-order valence-electron chi connectivity index (χ2n) is 10.9. The lowest BCUT2D eigenvalue weighted by molar-refractivity contribution is -0.137. The topological polar surface area (TPSA) is 95.8 Å². The summed E-state index contributed by atoms with van der Waals surface area (Å²) in [6.07, 6.45) is 5.83. The Balaban J connectivity index is 1.17. The summed E-state index contributed by atoms with van der Waals surface area (Å²) >= 11 is 0. The molecule has 38 heavy (non-hydrogen) atoms. The number of imidazole rings is 1. The highest BCUT2D eigenvalue weighted by Crippen LogP contribution is 2.38. The molecule has 0 saturated carbocycles. The minimum absolute atomic E-state index is 0.128. The lowest BCUT2D eigenvalue weighted by atomic mass is 9.96.